The summed E-state index contributed by atoms with van der Waals surface area (Å²) >= 11 is 0. The van der Waals surface area contributed by atoms with Gasteiger partial charge in [-0.05, 0) is 31.4 Å². The Morgan fingerprint density at radius 3 is 2.70 bits per heavy atom. The monoisotopic (exact) mass is 297 g/mol. The molecule has 0 unspecified atom stereocenters. The summed E-state index contributed by atoms with van der Waals surface area (Å²) in [4.78, 5) is 0.246. The average Bonchev–Trinajstić information content (AvgIpc) is 2.45. The molecule has 3 rings (SSSR count). The molecular formula is C14H19NO4S. The van der Waals surface area contributed by atoms with Gasteiger partial charge in [0.05, 0.1) is 25.9 Å². The second-order valence-corrected chi connectivity index (χ2v) is 7.19. The maximum absolute atomic E-state index is 13.0. The molecule has 0 bridgehead atoms. The first kappa shape index (κ1) is 13.9. The lowest BCUT2D eigenvalue weighted by atomic mass is 9.77. The van der Waals surface area contributed by atoms with Crippen molar-refractivity contribution in [3.8, 4) is 5.75 Å². The van der Waals surface area contributed by atoms with Crippen LogP contribution in [0.3, 0.4) is 0 Å². The highest BCUT2D eigenvalue weighted by Gasteiger charge is 2.50. The predicted octanol–water partition coefficient (Wildman–Crippen LogP) is 1.64. The van der Waals surface area contributed by atoms with Crippen LogP contribution in [0.1, 0.15) is 19.3 Å². The average molecular weight is 297 g/mol. The van der Waals surface area contributed by atoms with Crippen molar-refractivity contribution in [2.75, 3.05) is 26.9 Å². The fourth-order valence-corrected chi connectivity index (χ4v) is 4.98. The minimum Gasteiger partial charge on any atom is -0.495 e. The van der Waals surface area contributed by atoms with E-state index < -0.39 is 10.0 Å². The van der Waals surface area contributed by atoms with E-state index in [-0.39, 0.29) is 10.4 Å². The normalized spacial score (nSPS) is 22.4. The molecule has 6 heteroatoms. The van der Waals surface area contributed by atoms with Gasteiger partial charge in [-0.25, -0.2) is 8.42 Å². The van der Waals surface area contributed by atoms with Gasteiger partial charge in [0.2, 0.25) is 10.0 Å². The summed E-state index contributed by atoms with van der Waals surface area (Å²) in [5.41, 5.74) is -0.335. The molecule has 5 nitrogen and oxygen atoms in total. The molecule has 0 N–H and O–H groups in total. The Labute approximate surface area is 119 Å². The fourth-order valence-electron chi connectivity index (χ4n) is 3.02. The van der Waals surface area contributed by atoms with Gasteiger partial charge in [0.15, 0.2) is 0 Å². The van der Waals surface area contributed by atoms with Gasteiger partial charge < -0.3 is 9.47 Å². The van der Waals surface area contributed by atoms with Crippen LogP contribution in [-0.2, 0) is 14.8 Å². The highest BCUT2D eigenvalue weighted by molar-refractivity contribution is 7.89. The molecule has 0 aromatic heterocycles. The number of benzene rings is 1. The minimum atomic E-state index is -3.54. The Kier molecular flexibility index (Phi) is 3.48. The standard InChI is InChI=1S/C14H19NO4S/c1-18-12-5-2-3-6-13(12)20(16,17)15-9-10-19-11-14(15)7-4-8-14/h2-3,5-6H,4,7-11H2,1H3. The van der Waals surface area contributed by atoms with Crippen LogP contribution < -0.4 is 4.74 Å². The number of hydrogen-bond acceptors (Lipinski definition) is 4. The first-order valence-electron chi connectivity index (χ1n) is 6.84. The van der Waals surface area contributed by atoms with Crippen LogP contribution in [0.2, 0.25) is 0 Å². The van der Waals surface area contributed by atoms with Crippen LogP contribution in [0.4, 0.5) is 0 Å². The molecule has 1 aromatic rings. The SMILES string of the molecule is COc1ccccc1S(=O)(=O)N1CCOCC12CCC2. The maximum atomic E-state index is 13.0. The van der Waals surface area contributed by atoms with Gasteiger partial charge in [-0.1, -0.05) is 12.1 Å². The molecular weight excluding hydrogens is 278 g/mol. The molecule has 1 aromatic carbocycles. The summed E-state index contributed by atoms with van der Waals surface area (Å²) in [7, 11) is -2.05. The molecule has 1 saturated carbocycles. The zero-order chi connectivity index (χ0) is 14.2. The molecule has 0 radical (unpaired) electrons. The Morgan fingerprint density at radius 1 is 1.30 bits per heavy atom. The van der Waals surface area contributed by atoms with E-state index in [1.54, 1.807) is 28.6 Å². The zero-order valence-electron chi connectivity index (χ0n) is 11.5. The van der Waals surface area contributed by atoms with Crippen molar-refractivity contribution in [1.29, 1.82) is 0 Å². The van der Waals surface area contributed by atoms with Crippen LogP contribution in [0.15, 0.2) is 29.2 Å². The summed E-state index contributed by atoms with van der Waals surface area (Å²) in [5, 5.41) is 0. The number of rotatable bonds is 3. The second-order valence-electron chi connectivity index (χ2n) is 5.36. The molecule has 1 heterocycles. The van der Waals surface area contributed by atoms with E-state index in [4.69, 9.17) is 9.47 Å². The molecule has 1 saturated heterocycles. The molecule has 1 aliphatic heterocycles. The predicted molar refractivity (Wildman–Crippen MR) is 74.3 cm³/mol. The first-order valence-corrected chi connectivity index (χ1v) is 8.28. The molecule has 0 atom stereocenters. The van der Waals surface area contributed by atoms with Gasteiger partial charge in [0.1, 0.15) is 10.6 Å². The van der Waals surface area contributed by atoms with Crippen molar-refractivity contribution in [2.45, 2.75) is 29.7 Å². The summed E-state index contributed by atoms with van der Waals surface area (Å²) in [5.74, 6) is 0.397. The van der Waals surface area contributed by atoms with E-state index in [0.717, 1.165) is 19.3 Å². The van der Waals surface area contributed by atoms with Gasteiger partial charge in [-0.15, -0.1) is 0 Å². The largest absolute Gasteiger partial charge is 0.495 e. The zero-order valence-corrected chi connectivity index (χ0v) is 12.4. The lowest BCUT2D eigenvalue weighted by Crippen LogP contribution is -2.62. The number of hydrogen-bond donors (Lipinski definition) is 0. The van der Waals surface area contributed by atoms with E-state index >= 15 is 0 Å². The first-order chi connectivity index (χ1) is 9.60. The third-order valence-electron chi connectivity index (χ3n) is 4.26. The van der Waals surface area contributed by atoms with Crippen molar-refractivity contribution in [2.24, 2.45) is 0 Å². The second kappa shape index (κ2) is 5.02. The van der Waals surface area contributed by atoms with Gasteiger partial charge >= 0.3 is 0 Å². The Hall–Kier alpha value is -1.11. The molecule has 2 fully saturated rings. The molecule has 1 aliphatic carbocycles. The van der Waals surface area contributed by atoms with E-state index in [1.165, 1.54) is 7.11 Å². The number of morpholine rings is 1. The number of ether oxygens (including phenoxy) is 2. The van der Waals surface area contributed by atoms with Crippen LogP contribution in [-0.4, -0.2) is 45.1 Å². The Balaban J connectivity index is 2.02. The highest BCUT2D eigenvalue weighted by atomic mass is 32.2. The van der Waals surface area contributed by atoms with Crippen LogP contribution >= 0.6 is 0 Å². The lowest BCUT2D eigenvalue weighted by Gasteiger charge is -2.51. The topological polar surface area (TPSA) is 55.8 Å². The van der Waals surface area contributed by atoms with Crippen LogP contribution in [0, 0.1) is 0 Å². The van der Waals surface area contributed by atoms with Gasteiger partial charge in [0.25, 0.3) is 0 Å². The molecule has 1 spiro atoms. The maximum Gasteiger partial charge on any atom is 0.247 e. The molecule has 110 valence electrons. The minimum absolute atomic E-state index is 0.246. The summed E-state index contributed by atoms with van der Waals surface area (Å²) in [6.07, 6.45) is 2.81. The van der Waals surface area contributed by atoms with E-state index in [2.05, 4.69) is 0 Å². The van der Waals surface area contributed by atoms with Crippen molar-refractivity contribution in [3.05, 3.63) is 24.3 Å². The summed E-state index contributed by atoms with van der Waals surface area (Å²) in [6.45, 7) is 1.37. The molecule has 2 aliphatic rings. The fraction of sp³-hybridized carbons (Fsp3) is 0.571. The summed E-state index contributed by atoms with van der Waals surface area (Å²) in [6, 6.07) is 6.79. The quantitative estimate of drug-likeness (QED) is 0.851. The third-order valence-corrected chi connectivity index (χ3v) is 6.30. The van der Waals surface area contributed by atoms with E-state index in [9.17, 15) is 8.42 Å². The molecule has 20 heavy (non-hydrogen) atoms. The number of nitrogens with zero attached hydrogens (tertiary/aromatic N) is 1. The Bertz CT molecular complexity index is 595. The smallest absolute Gasteiger partial charge is 0.247 e. The summed E-state index contributed by atoms with van der Waals surface area (Å²) < 4.78 is 38.3. The van der Waals surface area contributed by atoms with Crippen LogP contribution in [0.25, 0.3) is 0 Å². The van der Waals surface area contributed by atoms with Crippen molar-refractivity contribution in [1.82, 2.24) is 4.31 Å². The highest BCUT2D eigenvalue weighted by Crippen LogP contribution is 2.43. The number of para-hydroxylation sites is 1. The van der Waals surface area contributed by atoms with E-state index in [0.29, 0.717) is 25.5 Å². The third kappa shape index (κ3) is 2.03. The van der Waals surface area contributed by atoms with Crippen molar-refractivity contribution < 1.29 is 17.9 Å². The van der Waals surface area contributed by atoms with Gasteiger partial charge in [0, 0.05) is 6.54 Å². The lowest BCUT2D eigenvalue weighted by molar-refractivity contribution is -0.0649. The van der Waals surface area contributed by atoms with Crippen molar-refractivity contribution in [3.63, 3.8) is 0 Å². The number of sulfonamides is 1. The van der Waals surface area contributed by atoms with E-state index in [1.807, 2.05) is 0 Å². The van der Waals surface area contributed by atoms with Gasteiger partial charge in [-0.2, -0.15) is 4.31 Å². The Morgan fingerprint density at radius 2 is 2.05 bits per heavy atom. The van der Waals surface area contributed by atoms with Crippen LogP contribution in [0.5, 0.6) is 5.75 Å². The number of methoxy groups -OCH3 is 1. The molecule has 0 amide bonds. The van der Waals surface area contributed by atoms with Gasteiger partial charge in [-0.3, -0.25) is 0 Å². The van der Waals surface area contributed by atoms with Crippen molar-refractivity contribution >= 4 is 10.0 Å².